The van der Waals surface area contributed by atoms with E-state index in [2.05, 4.69) is 17.1 Å². The number of benzene rings is 1. The standard InChI is InChI=1S/C20H23NO6/c1-11(22)27-19-16-13(9-14-17(18(16)24-3)26-10-25-14)20-5-4-12(23-2)8-15(20)21(19)7-6-20/h4-5,9,12,15,19H,6-8,10H2,1-3H3. The van der Waals surface area contributed by atoms with Gasteiger partial charge in [0.1, 0.15) is 0 Å². The average molecular weight is 373 g/mol. The smallest absolute Gasteiger partial charge is 0.304 e. The van der Waals surface area contributed by atoms with E-state index in [0.717, 1.165) is 30.5 Å². The van der Waals surface area contributed by atoms with Gasteiger partial charge in [0.05, 0.1) is 18.8 Å². The molecule has 7 nitrogen and oxygen atoms in total. The number of esters is 1. The van der Waals surface area contributed by atoms with Gasteiger partial charge in [0.15, 0.2) is 17.7 Å². The molecule has 0 spiro atoms. The maximum absolute atomic E-state index is 11.9. The number of hydrogen-bond donors (Lipinski definition) is 0. The molecule has 1 fully saturated rings. The van der Waals surface area contributed by atoms with Gasteiger partial charge < -0.3 is 23.7 Å². The highest BCUT2D eigenvalue weighted by atomic mass is 16.7. The number of methoxy groups -OCH3 is 2. The lowest BCUT2D eigenvalue weighted by Crippen LogP contribution is -2.52. The van der Waals surface area contributed by atoms with Crippen molar-refractivity contribution in [2.45, 2.75) is 43.6 Å². The van der Waals surface area contributed by atoms with Crippen molar-refractivity contribution in [1.29, 1.82) is 0 Å². The van der Waals surface area contributed by atoms with Crippen molar-refractivity contribution in [2.75, 3.05) is 27.6 Å². The first kappa shape index (κ1) is 16.9. The van der Waals surface area contributed by atoms with E-state index in [1.807, 2.05) is 6.07 Å². The van der Waals surface area contributed by atoms with Crippen molar-refractivity contribution in [1.82, 2.24) is 4.90 Å². The highest BCUT2D eigenvalue weighted by Gasteiger charge is 2.58. The minimum absolute atomic E-state index is 0.0548. The van der Waals surface area contributed by atoms with Crippen LogP contribution in [-0.4, -0.2) is 50.6 Å². The number of carbonyl (C=O) groups is 1. The Balaban J connectivity index is 1.77. The largest absolute Gasteiger partial charge is 0.492 e. The molecule has 3 heterocycles. The molecule has 0 saturated carbocycles. The van der Waals surface area contributed by atoms with Gasteiger partial charge in [-0.25, -0.2) is 0 Å². The molecule has 0 radical (unpaired) electrons. The zero-order chi connectivity index (χ0) is 18.8. The van der Waals surface area contributed by atoms with Gasteiger partial charge in [0.25, 0.3) is 0 Å². The fraction of sp³-hybridized carbons (Fsp3) is 0.550. The molecule has 4 aliphatic rings. The Morgan fingerprint density at radius 3 is 2.93 bits per heavy atom. The van der Waals surface area contributed by atoms with Gasteiger partial charge in [0, 0.05) is 32.0 Å². The Hall–Kier alpha value is -2.25. The van der Waals surface area contributed by atoms with Crippen LogP contribution < -0.4 is 14.2 Å². The molecule has 7 heteroatoms. The van der Waals surface area contributed by atoms with Crippen LogP contribution in [-0.2, 0) is 19.7 Å². The minimum atomic E-state index is -0.508. The second kappa shape index (κ2) is 5.87. The fourth-order valence-electron chi connectivity index (χ4n) is 5.22. The van der Waals surface area contributed by atoms with E-state index < -0.39 is 6.23 Å². The predicted octanol–water partition coefficient (Wildman–Crippen LogP) is 2.29. The maximum atomic E-state index is 11.9. The lowest BCUT2D eigenvalue weighted by Gasteiger charge is -2.48. The molecule has 27 heavy (non-hydrogen) atoms. The van der Waals surface area contributed by atoms with Gasteiger partial charge in [-0.3, -0.25) is 9.69 Å². The average Bonchev–Trinajstić information content (AvgIpc) is 3.26. The Morgan fingerprint density at radius 1 is 1.33 bits per heavy atom. The molecule has 5 rings (SSSR count). The van der Waals surface area contributed by atoms with Crippen LogP contribution in [0.5, 0.6) is 17.2 Å². The molecule has 3 aliphatic heterocycles. The molecule has 0 amide bonds. The maximum Gasteiger partial charge on any atom is 0.304 e. The molecule has 5 unspecified atom stereocenters. The molecule has 1 aromatic rings. The van der Waals surface area contributed by atoms with Crippen LogP contribution in [0.25, 0.3) is 0 Å². The monoisotopic (exact) mass is 373 g/mol. The van der Waals surface area contributed by atoms with Gasteiger partial charge in [-0.05, 0) is 24.5 Å². The first-order valence-electron chi connectivity index (χ1n) is 9.25. The Bertz CT molecular complexity index is 836. The third-order valence-corrected chi connectivity index (χ3v) is 6.33. The summed E-state index contributed by atoms with van der Waals surface area (Å²) in [5, 5.41) is 0. The zero-order valence-corrected chi connectivity index (χ0v) is 15.7. The first-order chi connectivity index (χ1) is 13.1. The fourth-order valence-corrected chi connectivity index (χ4v) is 5.22. The van der Waals surface area contributed by atoms with Crippen molar-refractivity contribution in [3.63, 3.8) is 0 Å². The third-order valence-electron chi connectivity index (χ3n) is 6.33. The Kier molecular flexibility index (Phi) is 3.67. The van der Waals surface area contributed by atoms with Crippen LogP contribution in [0.3, 0.4) is 0 Å². The summed E-state index contributed by atoms with van der Waals surface area (Å²) in [5.74, 6) is 1.54. The number of carbonyl (C=O) groups excluding carboxylic acids is 1. The SMILES string of the molecule is COc1c2c(cc3c1C(OC(C)=O)N1CCC34C=CC(OC)CC14)OCO2. The molecular formula is C20H23NO6. The van der Waals surface area contributed by atoms with E-state index in [1.54, 1.807) is 14.2 Å². The number of nitrogens with zero attached hydrogens (tertiary/aromatic N) is 1. The van der Waals surface area contributed by atoms with Crippen LogP contribution in [0.1, 0.15) is 37.1 Å². The van der Waals surface area contributed by atoms with Crippen molar-refractivity contribution in [3.8, 4) is 17.2 Å². The highest BCUT2D eigenvalue weighted by Crippen LogP contribution is 2.60. The summed E-state index contributed by atoms with van der Waals surface area (Å²) in [7, 11) is 3.34. The van der Waals surface area contributed by atoms with Gasteiger partial charge in [-0.15, -0.1) is 0 Å². The second-order valence-corrected chi connectivity index (χ2v) is 7.48. The zero-order valence-electron chi connectivity index (χ0n) is 15.7. The molecule has 0 N–H and O–H groups in total. The number of fused-ring (bicyclic) bond motifs is 2. The van der Waals surface area contributed by atoms with Crippen LogP contribution in [0.2, 0.25) is 0 Å². The van der Waals surface area contributed by atoms with Gasteiger partial charge >= 0.3 is 5.97 Å². The lowest BCUT2D eigenvalue weighted by atomic mass is 9.66. The van der Waals surface area contributed by atoms with Crippen LogP contribution >= 0.6 is 0 Å². The van der Waals surface area contributed by atoms with Gasteiger partial charge in [0.2, 0.25) is 12.5 Å². The van der Waals surface area contributed by atoms with E-state index in [4.69, 9.17) is 23.7 Å². The molecule has 144 valence electrons. The summed E-state index contributed by atoms with van der Waals surface area (Å²) in [5.41, 5.74) is 1.79. The predicted molar refractivity (Wildman–Crippen MR) is 95.0 cm³/mol. The molecule has 1 aromatic carbocycles. The van der Waals surface area contributed by atoms with E-state index in [9.17, 15) is 4.79 Å². The van der Waals surface area contributed by atoms with Crippen LogP contribution in [0, 0.1) is 0 Å². The van der Waals surface area contributed by atoms with Crippen LogP contribution in [0.4, 0.5) is 0 Å². The molecular weight excluding hydrogens is 350 g/mol. The Labute approximate surface area is 157 Å². The molecule has 5 atom stereocenters. The summed E-state index contributed by atoms with van der Waals surface area (Å²) in [6, 6.07) is 2.23. The molecule has 0 aromatic heterocycles. The van der Waals surface area contributed by atoms with Gasteiger partial charge in [-0.2, -0.15) is 0 Å². The quantitative estimate of drug-likeness (QED) is 0.595. The van der Waals surface area contributed by atoms with Crippen LogP contribution in [0.15, 0.2) is 18.2 Å². The van der Waals surface area contributed by atoms with E-state index in [0.29, 0.717) is 17.2 Å². The van der Waals surface area contributed by atoms with Crippen molar-refractivity contribution in [2.24, 2.45) is 0 Å². The molecule has 1 saturated heterocycles. The van der Waals surface area contributed by atoms with E-state index in [-0.39, 0.29) is 30.3 Å². The van der Waals surface area contributed by atoms with E-state index >= 15 is 0 Å². The summed E-state index contributed by atoms with van der Waals surface area (Å²) >= 11 is 0. The topological polar surface area (TPSA) is 66.5 Å². The first-order valence-corrected chi connectivity index (χ1v) is 9.25. The summed E-state index contributed by atoms with van der Waals surface area (Å²) in [6.45, 7) is 2.43. The van der Waals surface area contributed by atoms with Crippen molar-refractivity contribution < 1.29 is 28.5 Å². The normalized spacial score (nSPS) is 34.8. The summed E-state index contributed by atoms with van der Waals surface area (Å²) in [4.78, 5) is 14.2. The minimum Gasteiger partial charge on any atom is -0.492 e. The van der Waals surface area contributed by atoms with Gasteiger partial charge in [-0.1, -0.05) is 12.2 Å². The molecule has 2 bridgehead atoms. The van der Waals surface area contributed by atoms with Crippen molar-refractivity contribution >= 4 is 5.97 Å². The van der Waals surface area contributed by atoms with Crippen molar-refractivity contribution in [3.05, 3.63) is 29.3 Å². The number of rotatable bonds is 3. The number of hydrogen-bond acceptors (Lipinski definition) is 7. The summed E-state index contributed by atoms with van der Waals surface area (Å²) in [6.07, 6.45) is 5.75. The molecule has 1 aliphatic carbocycles. The summed E-state index contributed by atoms with van der Waals surface area (Å²) < 4.78 is 28.5. The third kappa shape index (κ3) is 2.18. The van der Waals surface area contributed by atoms with E-state index in [1.165, 1.54) is 6.92 Å². The second-order valence-electron chi connectivity index (χ2n) is 7.48. The lowest BCUT2D eigenvalue weighted by molar-refractivity contribution is -0.161. The highest BCUT2D eigenvalue weighted by molar-refractivity contribution is 5.69. The number of ether oxygens (including phenoxy) is 5. The Morgan fingerprint density at radius 2 is 2.19 bits per heavy atom.